The molecule has 4 rings (SSSR count). The van der Waals surface area contributed by atoms with Crippen molar-refractivity contribution in [2.24, 2.45) is 5.92 Å². The summed E-state index contributed by atoms with van der Waals surface area (Å²) in [6.45, 7) is 1.06. The Balaban J connectivity index is 1.56. The maximum atomic E-state index is 13.4. The van der Waals surface area contributed by atoms with Crippen molar-refractivity contribution in [3.05, 3.63) is 66.5 Å². The quantitative estimate of drug-likeness (QED) is 0.535. The summed E-state index contributed by atoms with van der Waals surface area (Å²) in [5, 5.41) is 2.65. The van der Waals surface area contributed by atoms with Gasteiger partial charge in [0.1, 0.15) is 11.5 Å². The molecular weight excluding hydrogens is 449 g/mol. The average molecular weight is 472 g/mol. The smallest absolute Gasteiger partial charge is 0.416 e. The second kappa shape index (κ2) is 9.98. The van der Waals surface area contributed by atoms with Crippen LogP contribution in [-0.4, -0.2) is 36.1 Å². The van der Waals surface area contributed by atoms with Crippen molar-refractivity contribution in [2.75, 3.05) is 30.4 Å². The Labute approximate surface area is 194 Å². The first-order valence-corrected chi connectivity index (χ1v) is 10.7. The van der Waals surface area contributed by atoms with Crippen molar-refractivity contribution in [2.45, 2.75) is 19.0 Å². The molecule has 1 aliphatic heterocycles. The monoisotopic (exact) mass is 472 g/mol. The standard InChI is InChI=1S/C24H23F3N4O3/c1-33-18-6-2-7-19(14-18)34-21-9-8-17(24(25,26)27)13-20(21)30-22(32)16-5-3-12-31(15-16)23-28-10-4-11-29-23/h2,4,6-11,13-14,16H,3,5,12,15H2,1H3,(H,30,32)/t16-/m1/s1. The predicted octanol–water partition coefficient (Wildman–Crippen LogP) is 5.15. The van der Waals surface area contributed by atoms with E-state index in [4.69, 9.17) is 9.47 Å². The Morgan fingerprint density at radius 1 is 1.09 bits per heavy atom. The van der Waals surface area contributed by atoms with Crippen molar-refractivity contribution in [1.29, 1.82) is 0 Å². The highest BCUT2D eigenvalue weighted by molar-refractivity contribution is 5.94. The summed E-state index contributed by atoms with van der Waals surface area (Å²) in [4.78, 5) is 23.4. The van der Waals surface area contributed by atoms with Crippen molar-refractivity contribution in [3.63, 3.8) is 0 Å². The van der Waals surface area contributed by atoms with Crippen LogP contribution in [0.1, 0.15) is 18.4 Å². The van der Waals surface area contributed by atoms with Crippen molar-refractivity contribution in [1.82, 2.24) is 9.97 Å². The van der Waals surface area contributed by atoms with Crippen LogP contribution in [-0.2, 0) is 11.0 Å². The van der Waals surface area contributed by atoms with E-state index in [0.717, 1.165) is 18.6 Å². The van der Waals surface area contributed by atoms with E-state index in [9.17, 15) is 18.0 Å². The number of carbonyl (C=O) groups excluding carboxylic acids is 1. The number of anilines is 2. The molecule has 3 aromatic rings. The maximum absolute atomic E-state index is 13.4. The Morgan fingerprint density at radius 3 is 2.59 bits per heavy atom. The molecule has 178 valence electrons. The molecule has 2 heterocycles. The number of ether oxygens (including phenoxy) is 2. The van der Waals surface area contributed by atoms with E-state index in [0.29, 0.717) is 37.0 Å². The van der Waals surface area contributed by atoms with Gasteiger partial charge in [-0.1, -0.05) is 6.07 Å². The van der Waals surface area contributed by atoms with Gasteiger partial charge in [0, 0.05) is 31.5 Å². The predicted molar refractivity (Wildman–Crippen MR) is 120 cm³/mol. The first kappa shape index (κ1) is 23.3. The topological polar surface area (TPSA) is 76.6 Å². The summed E-state index contributed by atoms with van der Waals surface area (Å²) in [7, 11) is 1.50. The zero-order chi connectivity index (χ0) is 24.1. The minimum atomic E-state index is -4.57. The molecule has 1 aromatic heterocycles. The Kier molecular flexibility index (Phi) is 6.85. The highest BCUT2D eigenvalue weighted by Gasteiger charge is 2.32. The Hall–Kier alpha value is -3.82. The van der Waals surface area contributed by atoms with E-state index in [1.807, 2.05) is 4.90 Å². The molecule has 34 heavy (non-hydrogen) atoms. The lowest BCUT2D eigenvalue weighted by atomic mass is 9.97. The van der Waals surface area contributed by atoms with Gasteiger partial charge in [-0.3, -0.25) is 4.79 Å². The van der Waals surface area contributed by atoms with Crippen LogP contribution in [0.15, 0.2) is 60.9 Å². The first-order chi connectivity index (χ1) is 16.3. The minimum absolute atomic E-state index is 0.0595. The molecule has 2 aromatic carbocycles. The van der Waals surface area contributed by atoms with Gasteiger partial charge in [0.05, 0.1) is 24.3 Å². The molecule has 1 saturated heterocycles. The lowest BCUT2D eigenvalue weighted by molar-refractivity contribution is -0.137. The van der Waals surface area contributed by atoms with Gasteiger partial charge in [0.2, 0.25) is 11.9 Å². The number of rotatable bonds is 6. The fourth-order valence-electron chi connectivity index (χ4n) is 3.75. The van der Waals surface area contributed by atoms with E-state index in [1.54, 1.807) is 42.7 Å². The lowest BCUT2D eigenvalue weighted by Crippen LogP contribution is -2.41. The molecule has 1 aliphatic rings. The molecular formula is C24H23F3N4O3. The third-order valence-electron chi connectivity index (χ3n) is 5.46. The van der Waals surface area contributed by atoms with Crippen molar-refractivity contribution < 1.29 is 27.4 Å². The second-order valence-electron chi connectivity index (χ2n) is 7.81. The minimum Gasteiger partial charge on any atom is -0.497 e. The van der Waals surface area contributed by atoms with E-state index >= 15 is 0 Å². The van der Waals surface area contributed by atoms with Crippen LogP contribution in [0, 0.1) is 5.92 Å². The number of piperidine rings is 1. The number of carbonyl (C=O) groups is 1. The third kappa shape index (κ3) is 5.56. The average Bonchev–Trinajstić information content (AvgIpc) is 2.85. The number of methoxy groups -OCH3 is 1. The van der Waals surface area contributed by atoms with Gasteiger partial charge >= 0.3 is 6.18 Å². The molecule has 0 unspecified atom stereocenters. The van der Waals surface area contributed by atoms with Gasteiger partial charge < -0.3 is 19.7 Å². The normalized spacial score (nSPS) is 16.1. The molecule has 10 heteroatoms. The number of aromatic nitrogens is 2. The lowest BCUT2D eigenvalue weighted by Gasteiger charge is -2.32. The van der Waals surface area contributed by atoms with Gasteiger partial charge in [0.25, 0.3) is 0 Å². The molecule has 1 amide bonds. The summed E-state index contributed by atoms with van der Waals surface area (Å²) < 4.78 is 51.1. The molecule has 0 radical (unpaired) electrons. The fraction of sp³-hybridized carbons (Fsp3) is 0.292. The molecule has 0 spiro atoms. The van der Waals surface area contributed by atoms with Gasteiger partial charge in [-0.05, 0) is 49.2 Å². The summed E-state index contributed by atoms with van der Waals surface area (Å²) >= 11 is 0. The van der Waals surface area contributed by atoms with Crippen LogP contribution in [0.3, 0.4) is 0 Å². The molecule has 7 nitrogen and oxygen atoms in total. The fourth-order valence-corrected chi connectivity index (χ4v) is 3.75. The molecule has 0 bridgehead atoms. The van der Waals surface area contributed by atoms with Crippen LogP contribution in [0.25, 0.3) is 0 Å². The van der Waals surface area contributed by atoms with Crippen LogP contribution >= 0.6 is 0 Å². The van der Waals surface area contributed by atoms with Crippen molar-refractivity contribution in [3.8, 4) is 17.2 Å². The maximum Gasteiger partial charge on any atom is 0.416 e. The molecule has 0 saturated carbocycles. The first-order valence-electron chi connectivity index (χ1n) is 10.7. The van der Waals surface area contributed by atoms with Gasteiger partial charge in [-0.2, -0.15) is 13.2 Å². The summed E-state index contributed by atoms with van der Waals surface area (Å²) in [5.74, 6) is 0.655. The molecule has 1 N–H and O–H groups in total. The summed E-state index contributed by atoms with van der Waals surface area (Å²) in [6, 6.07) is 11.4. The highest BCUT2D eigenvalue weighted by Crippen LogP contribution is 2.38. The number of alkyl halides is 3. The Bertz CT molecular complexity index is 1140. The highest BCUT2D eigenvalue weighted by atomic mass is 19.4. The molecule has 1 fully saturated rings. The number of nitrogens with one attached hydrogen (secondary N) is 1. The van der Waals surface area contributed by atoms with Crippen LogP contribution < -0.4 is 19.7 Å². The largest absolute Gasteiger partial charge is 0.497 e. The number of nitrogens with zero attached hydrogens (tertiary/aromatic N) is 3. The number of benzene rings is 2. The second-order valence-corrected chi connectivity index (χ2v) is 7.81. The summed E-state index contributed by atoms with van der Waals surface area (Å²) in [6.07, 6.45) is 0.000248. The van der Waals surface area contributed by atoms with Crippen LogP contribution in [0.2, 0.25) is 0 Å². The van der Waals surface area contributed by atoms with E-state index < -0.39 is 23.6 Å². The zero-order valence-corrected chi connectivity index (χ0v) is 18.4. The van der Waals surface area contributed by atoms with E-state index in [-0.39, 0.29) is 11.4 Å². The van der Waals surface area contributed by atoms with Crippen LogP contribution in [0.5, 0.6) is 17.2 Å². The molecule has 0 aliphatic carbocycles. The van der Waals surface area contributed by atoms with Gasteiger partial charge in [0.15, 0.2) is 5.75 Å². The van der Waals surface area contributed by atoms with E-state index in [2.05, 4.69) is 15.3 Å². The van der Waals surface area contributed by atoms with Gasteiger partial charge in [-0.15, -0.1) is 0 Å². The number of amides is 1. The van der Waals surface area contributed by atoms with Crippen molar-refractivity contribution >= 4 is 17.5 Å². The number of halogens is 3. The summed E-state index contributed by atoms with van der Waals surface area (Å²) in [5.41, 5.74) is -0.945. The Morgan fingerprint density at radius 2 is 1.85 bits per heavy atom. The zero-order valence-electron chi connectivity index (χ0n) is 18.4. The number of hydrogen-bond donors (Lipinski definition) is 1. The molecule has 1 atom stereocenters. The van der Waals surface area contributed by atoms with E-state index in [1.165, 1.54) is 13.2 Å². The third-order valence-corrected chi connectivity index (χ3v) is 5.46. The van der Waals surface area contributed by atoms with Gasteiger partial charge in [-0.25, -0.2) is 9.97 Å². The SMILES string of the molecule is COc1cccc(Oc2ccc(C(F)(F)F)cc2NC(=O)[C@@H]2CCCN(c3ncccn3)C2)c1. The van der Waals surface area contributed by atoms with Crippen LogP contribution in [0.4, 0.5) is 24.8 Å². The number of hydrogen-bond acceptors (Lipinski definition) is 6.